The summed E-state index contributed by atoms with van der Waals surface area (Å²) < 4.78 is 0. The highest BCUT2D eigenvalue weighted by Crippen LogP contribution is 2.10. The first-order chi connectivity index (χ1) is 7.86. The van der Waals surface area contributed by atoms with Gasteiger partial charge in [-0.15, -0.1) is 0 Å². The van der Waals surface area contributed by atoms with Gasteiger partial charge >= 0.3 is 0 Å². The molecule has 0 fully saturated rings. The first-order valence-corrected chi connectivity index (χ1v) is 7.30. The van der Waals surface area contributed by atoms with Gasteiger partial charge in [0.1, 0.15) is 0 Å². The molecule has 0 aliphatic heterocycles. The largest absolute Gasteiger partial charge is 0.0883 e. The zero-order chi connectivity index (χ0) is 11.6. The van der Waals surface area contributed by atoms with Crippen LogP contribution in [-0.2, 0) is 6.42 Å². The Kier molecular flexibility index (Phi) is 7.24. The second-order valence-electron chi connectivity index (χ2n) is 4.11. The molecule has 1 aromatic carbocycles. The number of rotatable bonds is 7. The Labute approximate surface area is 108 Å². The van der Waals surface area contributed by atoms with Crippen molar-refractivity contribution in [1.29, 1.82) is 0 Å². The molecule has 0 heterocycles. The molecule has 0 aliphatic carbocycles. The molecular formula is C15H21Br. The summed E-state index contributed by atoms with van der Waals surface area (Å²) in [7, 11) is 0. The Bertz CT molecular complexity index is 298. The van der Waals surface area contributed by atoms with Crippen LogP contribution in [0.4, 0.5) is 0 Å². The molecule has 1 aromatic rings. The van der Waals surface area contributed by atoms with E-state index in [1.807, 2.05) is 0 Å². The van der Waals surface area contributed by atoms with Crippen LogP contribution in [0.1, 0.15) is 43.7 Å². The van der Waals surface area contributed by atoms with E-state index in [0.717, 1.165) is 5.33 Å². The standard InChI is InChI=1S/C15H21Br/c1-2-3-4-5-7-14-9-11-15(12-10-14)8-6-13-16/h6,8-12H,2-5,7,13H2,1H3. The highest BCUT2D eigenvalue weighted by Gasteiger charge is 1.93. The Morgan fingerprint density at radius 2 is 1.81 bits per heavy atom. The van der Waals surface area contributed by atoms with E-state index in [1.54, 1.807) is 0 Å². The van der Waals surface area contributed by atoms with Crippen LogP contribution in [0.2, 0.25) is 0 Å². The summed E-state index contributed by atoms with van der Waals surface area (Å²) in [6, 6.07) is 8.91. The summed E-state index contributed by atoms with van der Waals surface area (Å²) in [5.74, 6) is 0. The first kappa shape index (κ1) is 13.5. The van der Waals surface area contributed by atoms with Gasteiger partial charge in [0.25, 0.3) is 0 Å². The second kappa shape index (κ2) is 8.58. The molecule has 88 valence electrons. The molecule has 0 atom stereocenters. The summed E-state index contributed by atoms with van der Waals surface area (Å²) in [6.07, 6.45) is 10.9. The predicted octanol–water partition coefficient (Wildman–Crippen LogP) is 5.22. The maximum atomic E-state index is 3.38. The van der Waals surface area contributed by atoms with E-state index in [9.17, 15) is 0 Å². The van der Waals surface area contributed by atoms with Crippen molar-refractivity contribution in [2.75, 3.05) is 5.33 Å². The quantitative estimate of drug-likeness (QED) is 0.475. The summed E-state index contributed by atoms with van der Waals surface area (Å²) in [5, 5.41) is 0.922. The van der Waals surface area contributed by atoms with E-state index < -0.39 is 0 Å². The number of hydrogen-bond acceptors (Lipinski definition) is 0. The molecule has 0 radical (unpaired) electrons. The molecular weight excluding hydrogens is 260 g/mol. The van der Waals surface area contributed by atoms with Crippen molar-refractivity contribution in [2.24, 2.45) is 0 Å². The van der Waals surface area contributed by atoms with Gasteiger partial charge in [0, 0.05) is 5.33 Å². The monoisotopic (exact) mass is 280 g/mol. The number of aryl methyl sites for hydroxylation is 1. The fourth-order valence-corrected chi connectivity index (χ4v) is 1.92. The van der Waals surface area contributed by atoms with Crippen LogP contribution >= 0.6 is 15.9 Å². The van der Waals surface area contributed by atoms with E-state index in [2.05, 4.69) is 59.3 Å². The van der Waals surface area contributed by atoms with Crippen LogP contribution < -0.4 is 0 Å². The van der Waals surface area contributed by atoms with Crippen molar-refractivity contribution in [2.45, 2.75) is 39.0 Å². The minimum absolute atomic E-state index is 0.922. The summed E-state index contributed by atoms with van der Waals surface area (Å²) in [4.78, 5) is 0. The second-order valence-corrected chi connectivity index (χ2v) is 4.76. The molecule has 0 spiro atoms. The van der Waals surface area contributed by atoms with Gasteiger partial charge in [-0.2, -0.15) is 0 Å². The lowest BCUT2D eigenvalue weighted by Crippen LogP contribution is -1.85. The molecule has 0 aromatic heterocycles. The summed E-state index contributed by atoms with van der Waals surface area (Å²) in [5.41, 5.74) is 2.75. The zero-order valence-corrected chi connectivity index (χ0v) is 11.7. The highest BCUT2D eigenvalue weighted by molar-refractivity contribution is 9.09. The van der Waals surface area contributed by atoms with Crippen LogP contribution in [0.3, 0.4) is 0 Å². The molecule has 0 amide bonds. The van der Waals surface area contributed by atoms with Crippen molar-refractivity contribution in [3.05, 3.63) is 41.5 Å². The molecule has 0 aliphatic rings. The minimum Gasteiger partial charge on any atom is -0.0883 e. The van der Waals surface area contributed by atoms with Crippen molar-refractivity contribution in [3.63, 3.8) is 0 Å². The SMILES string of the molecule is CCCCCCc1ccc(C=CCBr)cc1. The number of halogens is 1. The van der Waals surface area contributed by atoms with Crippen LogP contribution in [0.15, 0.2) is 30.3 Å². The number of alkyl halides is 1. The molecule has 16 heavy (non-hydrogen) atoms. The van der Waals surface area contributed by atoms with Crippen molar-refractivity contribution >= 4 is 22.0 Å². The average molecular weight is 281 g/mol. The molecule has 1 heteroatoms. The Morgan fingerprint density at radius 3 is 2.44 bits per heavy atom. The van der Waals surface area contributed by atoms with Gasteiger partial charge in [0.2, 0.25) is 0 Å². The van der Waals surface area contributed by atoms with Gasteiger partial charge in [0.15, 0.2) is 0 Å². The van der Waals surface area contributed by atoms with Crippen LogP contribution in [0.25, 0.3) is 6.08 Å². The Morgan fingerprint density at radius 1 is 1.06 bits per heavy atom. The zero-order valence-electron chi connectivity index (χ0n) is 10.1. The Balaban J connectivity index is 2.36. The average Bonchev–Trinajstić information content (AvgIpc) is 2.33. The molecule has 0 saturated heterocycles. The third-order valence-corrected chi connectivity index (χ3v) is 3.07. The topological polar surface area (TPSA) is 0 Å². The Hall–Kier alpha value is -0.560. The van der Waals surface area contributed by atoms with E-state index in [4.69, 9.17) is 0 Å². The molecule has 0 bridgehead atoms. The lowest BCUT2D eigenvalue weighted by Gasteiger charge is -2.01. The van der Waals surface area contributed by atoms with Gasteiger partial charge in [-0.1, -0.05) is 78.5 Å². The van der Waals surface area contributed by atoms with E-state index in [0.29, 0.717) is 0 Å². The molecule has 0 nitrogen and oxygen atoms in total. The molecule has 0 N–H and O–H groups in total. The lowest BCUT2D eigenvalue weighted by molar-refractivity contribution is 0.667. The number of allylic oxidation sites excluding steroid dienone is 1. The van der Waals surface area contributed by atoms with Gasteiger partial charge in [-0.25, -0.2) is 0 Å². The van der Waals surface area contributed by atoms with Crippen molar-refractivity contribution < 1.29 is 0 Å². The smallest absolute Gasteiger partial charge is 0.0215 e. The molecule has 0 unspecified atom stereocenters. The van der Waals surface area contributed by atoms with E-state index >= 15 is 0 Å². The third kappa shape index (κ3) is 5.50. The van der Waals surface area contributed by atoms with Crippen molar-refractivity contribution in [3.8, 4) is 0 Å². The van der Waals surface area contributed by atoms with E-state index in [1.165, 1.54) is 43.2 Å². The first-order valence-electron chi connectivity index (χ1n) is 6.18. The van der Waals surface area contributed by atoms with Crippen molar-refractivity contribution in [1.82, 2.24) is 0 Å². The van der Waals surface area contributed by atoms with Gasteiger partial charge < -0.3 is 0 Å². The number of benzene rings is 1. The summed E-state index contributed by atoms with van der Waals surface area (Å²) >= 11 is 3.38. The predicted molar refractivity (Wildman–Crippen MR) is 77.1 cm³/mol. The van der Waals surface area contributed by atoms with Crippen LogP contribution in [0.5, 0.6) is 0 Å². The minimum atomic E-state index is 0.922. The number of unbranched alkanes of at least 4 members (excludes halogenated alkanes) is 3. The third-order valence-electron chi connectivity index (χ3n) is 2.70. The molecule has 1 rings (SSSR count). The highest BCUT2D eigenvalue weighted by atomic mass is 79.9. The lowest BCUT2D eigenvalue weighted by atomic mass is 10.0. The van der Waals surface area contributed by atoms with E-state index in [-0.39, 0.29) is 0 Å². The maximum Gasteiger partial charge on any atom is 0.0215 e. The van der Waals surface area contributed by atoms with Gasteiger partial charge in [-0.3, -0.25) is 0 Å². The summed E-state index contributed by atoms with van der Waals surface area (Å²) in [6.45, 7) is 2.25. The fraction of sp³-hybridized carbons (Fsp3) is 0.467. The van der Waals surface area contributed by atoms with Gasteiger partial charge in [-0.05, 0) is 24.0 Å². The van der Waals surface area contributed by atoms with Crippen LogP contribution in [-0.4, -0.2) is 5.33 Å². The maximum absolute atomic E-state index is 3.38. The van der Waals surface area contributed by atoms with Crippen LogP contribution in [0, 0.1) is 0 Å². The number of hydrogen-bond donors (Lipinski definition) is 0. The molecule has 0 saturated carbocycles. The normalized spacial score (nSPS) is 11.1. The van der Waals surface area contributed by atoms with Gasteiger partial charge in [0.05, 0.1) is 0 Å². The fourth-order valence-electron chi connectivity index (χ4n) is 1.73.